The maximum absolute atomic E-state index is 5.39. The number of fused-ring (bicyclic) bond motifs is 12. The van der Waals surface area contributed by atoms with Gasteiger partial charge in [-0.25, -0.2) is 4.98 Å². The van der Waals surface area contributed by atoms with Crippen LogP contribution in [0.4, 0.5) is 0 Å². The van der Waals surface area contributed by atoms with Gasteiger partial charge in [0.25, 0.3) is 0 Å². The normalized spacial score (nSPS) is 12.2. The zero-order chi connectivity index (χ0) is 53.9. The fourth-order valence-corrected chi connectivity index (χ4v) is 15.6. The van der Waals surface area contributed by atoms with Gasteiger partial charge in [0.15, 0.2) is 5.82 Å². The number of hydrogen-bond donors (Lipinski definition) is 0. The highest BCUT2D eigenvalue weighted by Gasteiger charge is 2.30. The van der Waals surface area contributed by atoms with Crippen molar-refractivity contribution in [1.29, 1.82) is 0 Å². The van der Waals surface area contributed by atoms with Crippen molar-refractivity contribution in [3.8, 4) is 17.2 Å². The number of pyridine rings is 1. The van der Waals surface area contributed by atoms with Gasteiger partial charge >= 0.3 is 0 Å². The van der Waals surface area contributed by atoms with E-state index < -0.39 is 0 Å². The Morgan fingerprint density at radius 3 is 1.00 bits per heavy atom. The van der Waals surface area contributed by atoms with E-state index >= 15 is 0 Å². The number of nitrogens with zero attached hydrogens (tertiary/aromatic N) is 4. The molecular formula is C47H51B23N4S. The van der Waals surface area contributed by atoms with Crippen LogP contribution in [0.2, 0.25) is 0 Å². The molecular weight excluding hydrogens is 901 g/mol. The highest BCUT2D eigenvalue weighted by Crippen LogP contribution is 2.40. The average Bonchev–Trinajstić information content (AvgIpc) is 4.16. The van der Waals surface area contributed by atoms with Crippen LogP contribution in [0.3, 0.4) is 0 Å². The summed E-state index contributed by atoms with van der Waals surface area (Å²) in [5, 5.41) is 10.8. The molecule has 7 aromatic carbocycles. The Labute approximate surface area is 466 Å². The van der Waals surface area contributed by atoms with Crippen LogP contribution in [-0.4, -0.2) is 199 Å². The molecule has 334 valence electrons. The van der Waals surface area contributed by atoms with Gasteiger partial charge in [0.1, 0.15) is 180 Å². The van der Waals surface area contributed by atoms with E-state index in [4.69, 9.17) is 4.98 Å². The SMILES string of the molecule is Bc1c(B)c(B)c2c(c1B)c1c(B)c(-n3c4c(B)c(B)c(B)c(B)c4c4c(B)c(B)c(B)c(B)c43)c(B)c(B)c1n2-c1ccc2sc3c(-n4c5c(B)c(B)c(B)c(B)c5c5c(B)c(B)c(B)c(B)c54)nccc3c2c1. The number of hydrogen-bond acceptors (Lipinski definition) is 2. The molecule has 28 heteroatoms. The molecule has 12 aromatic rings. The van der Waals surface area contributed by atoms with Crippen molar-refractivity contribution in [2.75, 3.05) is 0 Å². The van der Waals surface area contributed by atoms with Crippen molar-refractivity contribution >= 4 is 403 Å². The monoisotopic (exact) mass is 957 g/mol. The fourth-order valence-electron chi connectivity index (χ4n) is 14.4. The van der Waals surface area contributed by atoms with E-state index in [-0.39, 0.29) is 0 Å². The third kappa shape index (κ3) is 6.24. The first kappa shape index (κ1) is 50.6. The maximum Gasteiger partial charge on any atom is 0.155 e. The van der Waals surface area contributed by atoms with Crippen LogP contribution in [-0.2, 0) is 0 Å². The number of benzene rings is 7. The highest BCUT2D eigenvalue weighted by atomic mass is 32.1. The molecule has 0 saturated heterocycles. The molecule has 0 aliphatic carbocycles. The third-order valence-corrected chi connectivity index (χ3v) is 21.8. The average molecular weight is 953 g/mol. The minimum Gasteiger partial charge on any atom is -0.312 e. The Balaban J connectivity index is 1.20. The molecule has 0 bridgehead atoms. The summed E-state index contributed by atoms with van der Waals surface area (Å²) in [4.78, 5) is 5.39. The van der Waals surface area contributed by atoms with E-state index in [0.29, 0.717) is 0 Å². The second kappa shape index (κ2) is 16.9. The lowest BCUT2D eigenvalue weighted by Gasteiger charge is -2.23. The standard InChI is InChI=1S/C47H51B23N4S/c48-16-10-11-17(49)23(55)29(61)34(66)42(11)73(41(10)33(65)28(60)22(16)54)45-21(53)15-14-20(52)26(58)27(59)32(64)39(14)72(40(15)37(69)38(45)70)6-1-2-9-8(5-6)7-3-4-71-47(46(7)75-9)74-43-12(18(50)24(56)30(62)35(43)67)13-19(51)25(57)31(63)36(68)44(13)74/h1-5H,48-70H2. The summed E-state index contributed by atoms with van der Waals surface area (Å²) in [6.07, 6.45) is 2.06. The topological polar surface area (TPSA) is 27.7 Å². The van der Waals surface area contributed by atoms with E-state index in [9.17, 15) is 0 Å². The first-order chi connectivity index (χ1) is 35.4. The van der Waals surface area contributed by atoms with Crippen molar-refractivity contribution < 1.29 is 0 Å². The van der Waals surface area contributed by atoms with E-state index in [1.165, 1.54) is 223 Å². The molecule has 0 spiro atoms. The Kier molecular flexibility index (Phi) is 11.4. The largest absolute Gasteiger partial charge is 0.312 e. The highest BCUT2D eigenvalue weighted by molar-refractivity contribution is 7.26. The van der Waals surface area contributed by atoms with Gasteiger partial charge in [-0.2, -0.15) is 0 Å². The number of rotatable bonds is 3. The summed E-state index contributed by atoms with van der Waals surface area (Å²) < 4.78 is 10.4. The summed E-state index contributed by atoms with van der Waals surface area (Å²) in [6, 6.07) is 9.55. The fraction of sp³-hybridized carbons (Fsp3) is 0. The van der Waals surface area contributed by atoms with E-state index in [1.54, 1.807) is 0 Å². The zero-order valence-corrected chi connectivity index (χ0v) is 49.9. The zero-order valence-electron chi connectivity index (χ0n) is 49.1. The van der Waals surface area contributed by atoms with Crippen LogP contribution in [0.1, 0.15) is 0 Å². The quantitative estimate of drug-likeness (QED) is 0.162. The number of thiophene rings is 1. The lowest BCUT2D eigenvalue weighted by Crippen LogP contribution is -2.49. The minimum absolute atomic E-state index is 1.02. The molecule has 4 nitrogen and oxygen atoms in total. The van der Waals surface area contributed by atoms with Gasteiger partial charge in [-0.15, -0.1) is 38.7 Å². The van der Waals surface area contributed by atoms with Gasteiger partial charge < -0.3 is 9.13 Å². The molecule has 0 radical (unpaired) electrons. The first-order valence-electron chi connectivity index (χ1n) is 27.3. The lowest BCUT2D eigenvalue weighted by atomic mass is 9.63. The van der Waals surface area contributed by atoms with Crippen LogP contribution in [0.5, 0.6) is 0 Å². The Morgan fingerprint density at radius 2 is 0.613 bits per heavy atom. The molecule has 5 aromatic heterocycles. The Bertz CT molecular complexity index is 4610. The van der Waals surface area contributed by atoms with E-state index in [1.807, 2.05) is 11.3 Å². The van der Waals surface area contributed by atoms with Crippen molar-refractivity contribution in [3.05, 3.63) is 30.5 Å². The molecule has 0 atom stereocenters. The molecule has 0 aliphatic heterocycles. The predicted molar refractivity (Wildman–Crippen MR) is 408 cm³/mol. The van der Waals surface area contributed by atoms with Crippen molar-refractivity contribution in [2.24, 2.45) is 0 Å². The summed E-state index contributed by atoms with van der Waals surface area (Å²) in [5.74, 6) is 1.02. The smallest absolute Gasteiger partial charge is 0.155 e. The van der Waals surface area contributed by atoms with E-state index in [0.717, 1.165) is 5.82 Å². The second-order valence-electron chi connectivity index (χ2n) is 23.4. The van der Waals surface area contributed by atoms with Crippen molar-refractivity contribution in [2.45, 2.75) is 0 Å². The van der Waals surface area contributed by atoms with E-state index in [2.05, 4.69) is 225 Å². The lowest BCUT2D eigenvalue weighted by molar-refractivity contribution is 1.11. The first-order valence-corrected chi connectivity index (χ1v) is 28.1. The van der Waals surface area contributed by atoms with Crippen LogP contribution >= 0.6 is 11.3 Å². The molecule has 12 rings (SSSR count). The van der Waals surface area contributed by atoms with Crippen molar-refractivity contribution in [1.82, 2.24) is 18.7 Å². The molecule has 5 heterocycles. The summed E-state index contributed by atoms with van der Waals surface area (Å²) in [6.45, 7) is 0. The third-order valence-electron chi connectivity index (χ3n) is 20.6. The van der Waals surface area contributed by atoms with Crippen LogP contribution in [0, 0.1) is 0 Å². The minimum atomic E-state index is 1.02. The molecule has 0 fully saturated rings. The molecule has 75 heavy (non-hydrogen) atoms. The van der Waals surface area contributed by atoms with Gasteiger partial charge in [0, 0.05) is 71.5 Å². The molecule has 0 unspecified atom stereocenters. The summed E-state index contributed by atoms with van der Waals surface area (Å²) in [7, 11) is 53.9. The second-order valence-corrected chi connectivity index (χ2v) is 24.4. The van der Waals surface area contributed by atoms with Gasteiger partial charge in [-0.05, 0) is 51.2 Å². The van der Waals surface area contributed by atoms with Gasteiger partial charge in [-0.1, -0.05) is 98.3 Å². The maximum atomic E-state index is 5.39. The van der Waals surface area contributed by atoms with Crippen molar-refractivity contribution in [3.63, 3.8) is 0 Å². The molecule has 0 amide bonds. The Hall–Kier alpha value is -5.20. The van der Waals surface area contributed by atoms with Crippen LogP contribution < -0.4 is 126 Å². The molecule has 0 N–H and O–H groups in total. The predicted octanol–water partition coefficient (Wildman–Crippen LogP) is -27.3. The molecule has 0 aliphatic rings. The number of aromatic nitrogens is 4. The van der Waals surface area contributed by atoms with Crippen LogP contribution in [0.15, 0.2) is 30.5 Å². The Morgan fingerprint density at radius 1 is 0.293 bits per heavy atom. The summed E-state index contributed by atoms with van der Waals surface area (Å²) >= 11 is 1.88. The molecule has 0 saturated carbocycles. The van der Waals surface area contributed by atoms with Gasteiger partial charge in [-0.3, -0.25) is 4.57 Å². The van der Waals surface area contributed by atoms with Gasteiger partial charge in [0.2, 0.25) is 0 Å². The summed E-state index contributed by atoms with van der Waals surface area (Å²) in [5.41, 5.74) is 41.8. The van der Waals surface area contributed by atoms with Crippen LogP contribution in [0.25, 0.3) is 103 Å². The van der Waals surface area contributed by atoms with Gasteiger partial charge in [0.05, 0.1) is 4.70 Å².